The molecule has 0 aliphatic heterocycles. The van der Waals surface area contributed by atoms with Gasteiger partial charge in [-0.05, 0) is 19.9 Å². The van der Waals surface area contributed by atoms with Crippen LogP contribution in [0, 0.1) is 5.92 Å². The van der Waals surface area contributed by atoms with Gasteiger partial charge in [-0.15, -0.1) is 0 Å². The molecule has 3 nitrogen and oxygen atoms in total. The number of aliphatic hydroxyl groups excluding tert-OH is 2. The van der Waals surface area contributed by atoms with E-state index < -0.39 is 0 Å². The lowest BCUT2D eigenvalue weighted by molar-refractivity contribution is 0.0907. The average molecular weight is 145 g/mol. The summed E-state index contributed by atoms with van der Waals surface area (Å²) in [6.07, 6.45) is 1.37. The Balaban J connectivity index is 2.36. The third kappa shape index (κ3) is 1.48. The molecule has 1 aliphatic carbocycles. The molecule has 0 radical (unpaired) electrons. The molecule has 1 aliphatic rings. The first-order valence-electron chi connectivity index (χ1n) is 3.74. The van der Waals surface area contributed by atoms with Crippen LogP contribution < -0.4 is 5.32 Å². The molecule has 0 spiro atoms. The van der Waals surface area contributed by atoms with Gasteiger partial charge in [0.15, 0.2) is 0 Å². The summed E-state index contributed by atoms with van der Waals surface area (Å²) in [5, 5.41) is 21.1. The fraction of sp³-hybridized carbons (Fsp3) is 1.00. The SMILES string of the molecule is CNC1CC(O)[C@@H](CO)C1. The van der Waals surface area contributed by atoms with Crippen LogP contribution in [0.2, 0.25) is 0 Å². The van der Waals surface area contributed by atoms with E-state index in [2.05, 4.69) is 5.32 Å². The van der Waals surface area contributed by atoms with E-state index in [1.54, 1.807) is 0 Å². The molecule has 1 saturated carbocycles. The van der Waals surface area contributed by atoms with E-state index in [4.69, 9.17) is 5.11 Å². The molecule has 0 heterocycles. The largest absolute Gasteiger partial charge is 0.396 e. The van der Waals surface area contributed by atoms with Gasteiger partial charge in [0.05, 0.1) is 6.10 Å². The summed E-state index contributed by atoms with van der Waals surface area (Å²) >= 11 is 0. The predicted octanol–water partition coefficient (Wildman–Crippen LogP) is -0.662. The normalized spacial score (nSPS) is 40.5. The predicted molar refractivity (Wildman–Crippen MR) is 38.7 cm³/mol. The molecule has 60 valence electrons. The van der Waals surface area contributed by atoms with E-state index in [-0.39, 0.29) is 18.6 Å². The molecular weight excluding hydrogens is 130 g/mol. The first kappa shape index (κ1) is 7.98. The zero-order valence-corrected chi connectivity index (χ0v) is 6.25. The summed E-state index contributed by atoms with van der Waals surface area (Å²) in [5.41, 5.74) is 0. The van der Waals surface area contributed by atoms with E-state index in [9.17, 15) is 5.11 Å². The highest BCUT2D eigenvalue weighted by Crippen LogP contribution is 2.24. The van der Waals surface area contributed by atoms with E-state index in [0.717, 1.165) is 12.8 Å². The van der Waals surface area contributed by atoms with Crippen molar-refractivity contribution in [3.63, 3.8) is 0 Å². The van der Waals surface area contributed by atoms with Crippen LogP contribution in [0.3, 0.4) is 0 Å². The molecule has 0 saturated heterocycles. The molecule has 0 bridgehead atoms. The first-order valence-corrected chi connectivity index (χ1v) is 3.74. The molecule has 1 rings (SSSR count). The lowest BCUT2D eigenvalue weighted by Crippen LogP contribution is -2.21. The van der Waals surface area contributed by atoms with E-state index in [1.807, 2.05) is 7.05 Å². The van der Waals surface area contributed by atoms with Gasteiger partial charge in [0.2, 0.25) is 0 Å². The van der Waals surface area contributed by atoms with Crippen molar-refractivity contribution >= 4 is 0 Å². The maximum Gasteiger partial charge on any atom is 0.0605 e. The smallest absolute Gasteiger partial charge is 0.0605 e. The zero-order valence-electron chi connectivity index (χ0n) is 6.25. The number of hydrogen-bond donors (Lipinski definition) is 3. The number of nitrogens with one attached hydrogen (secondary N) is 1. The summed E-state index contributed by atoms with van der Waals surface area (Å²) in [4.78, 5) is 0. The molecule has 3 atom stereocenters. The Kier molecular flexibility index (Phi) is 2.65. The van der Waals surface area contributed by atoms with Gasteiger partial charge in [-0.25, -0.2) is 0 Å². The number of aliphatic hydroxyl groups is 2. The lowest BCUT2D eigenvalue weighted by atomic mass is 10.1. The number of rotatable bonds is 2. The van der Waals surface area contributed by atoms with Crippen LogP contribution in [-0.2, 0) is 0 Å². The molecule has 0 aromatic carbocycles. The highest BCUT2D eigenvalue weighted by Gasteiger charge is 2.31. The van der Waals surface area contributed by atoms with Gasteiger partial charge in [0.1, 0.15) is 0 Å². The summed E-state index contributed by atoms with van der Waals surface area (Å²) in [6, 6.07) is 0.396. The van der Waals surface area contributed by atoms with Crippen molar-refractivity contribution in [2.24, 2.45) is 5.92 Å². The van der Waals surface area contributed by atoms with Crippen LogP contribution in [0.1, 0.15) is 12.8 Å². The second kappa shape index (κ2) is 3.32. The molecule has 3 heteroatoms. The maximum atomic E-state index is 9.29. The minimum Gasteiger partial charge on any atom is -0.396 e. The summed E-state index contributed by atoms with van der Waals surface area (Å²) in [7, 11) is 1.89. The van der Waals surface area contributed by atoms with Gasteiger partial charge in [-0.2, -0.15) is 0 Å². The van der Waals surface area contributed by atoms with Crippen molar-refractivity contribution in [2.75, 3.05) is 13.7 Å². The van der Waals surface area contributed by atoms with E-state index >= 15 is 0 Å². The van der Waals surface area contributed by atoms with Crippen LogP contribution in [-0.4, -0.2) is 36.0 Å². The van der Waals surface area contributed by atoms with Gasteiger partial charge >= 0.3 is 0 Å². The van der Waals surface area contributed by atoms with Crippen molar-refractivity contribution in [1.29, 1.82) is 0 Å². The fourth-order valence-electron chi connectivity index (χ4n) is 1.53. The molecular formula is C7H15NO2. The Morgan fingerprint density at radius 1 is 1.50 bits per heavy atom. The number of hydrogen-bond acceptors (Lipinski definition) is 3. The molecule has 0 amide bonds. The van der Waals surface area contributed by atoms with Gasteiger partial charge in [-0.3, -0.25) is 0 Å². The van der Waals surface area contributed by atoms with E-state index in [0.29, 0.717) is 6.04 Å². The minimum absolute atomic E-state index is 0.0949. The topological polar surface area (TPSA) is 52.5 Å². The van der Waals surface area contributed by atoms with Crippen molar-refractivity contribution in [2.45, 2.75) is 25.0 Å². The Hall–Kier alpha value is -0.120. The lowest BCUT2D eigenvalue weighted by Gasteiger charge is -2.08. The fourth-order valence-corrected chi connectivity index (χ4v) is 1.53. The second-order valence-corrected chi connectivity index (χ2v) is 2.97. The quantitative estimate of drug-likeness (QED) is 0.483. The van der Waals surface area contributed by atoms with E-state index in [1.165, 1.54) is 0 Å². The Morgan fingerprint density at radius 3 is 2.50 bits per heavy atom. The summed E-state index contributed by atoms with van der Waals surface area (Å²) in [6.45, 7) is 0.110. The summed E-state index contributed by atoms with van der Waals surface area (Å²) in [5.74, 6) is 0.0949. The Morgan fingerprint density at radius 2 is 2.20 bits per heavy atom. The molecule has 3 N–H and O–H groups in total. The van der Waals surface area contributed by atoms with Gasteiger partial charge in [0.25, 0.3) is 0 Å². The monoisotopic (exact) mass is 145 g/mol. The van der Waals surface area contributed by atoms with Crippen LogP contribution in [0.25, 0.3) is 0 Å². The zero-order chi connectivity index (χ0) is 7.56. The Labute approximate surface area is 61.1 Å². The van der Waals surface area contributed by atoms with Crippen molar-refractivity contribution in [3.8, 4) is 0 Å². The van der Waals surface area contributed by atoms with Gasteiger partial charge in [0, 0.05) is 18.6 Å². The minimum atomic E-state index is -0.303. The van der Waals surface area contributed by atoms with Crippen LogP contribution in [0.15, 0.2) is 0 Å². The highest BCUT2D eigenvalue weighted by molar-refractivity contribution is 4.85. The molecule has 0 aromatic heterocycles. The molecule has 10 heavy (non-hydrogen) atoms. The maximum absolute atomic E-state index is 9.29. The standard InChI is InChI=1S/C7H15NO2/c1-8-6-2-5(4-9)7(10)3-6/h5-10H,2-4H2,1H3/t5-,6?,7?/m1/s1. The molecule has 2 unspecified atom stereocenters. The van der Waals surface area contributed by atoms with Crippen molar-refractivity contribution in [1.82, 2.24) is 5.32 Å². The van der Waals surface area contributed by atoms with Crippen molar-refractivity contribution < 1.29 is 10.2 Å². The third-order valence-electron chi connectivity index (χ3n) is 2.30. The molecule has 0 aromatic rings. The third-order valence-corrected chi connectivity index (χ3v) is 2.30. The second-order valence-electron chi connectivity index (χ2n) is 2.97. The summed E-state index contributed by atoms with van der Waals surface area (Å²) < 4.78 is 0. The van der Waals surface area contributed by atoms with Crippen LogP contribution in [0.5, 0.6) is 0 Å². The van der Waals surface area contributed by atoms with Crippen LogP contribution in [0.4, 0.5) is 0 Å². The molecule has 1 fully saturated rings. The highest BCUT2D eigenvalue weighted by atomic mass is 16.3. The van der Waals surface area contributed by atoms with Crippen molar-refractivity contribution in [3.05, 3.63) is 0 Å². The van der Waals surface area contributed by atoms with Crippen LogP contribution >= 0.6 is 0 Å². The average Bonchev–Trinajstić information content (AvgIpc) is 2.30. The van der Waals surface area contributed by atoms with Gasteiger partial charge < -0.3 is 15.5 Å². The Bertz CT molecular complexity index is 108. The van der Waals surface area contributed by atoms with Gasteiger partial charge in [-0.1, -0.05) is 0 Å². The first-order chi connectivity index (χ1) is 4.77.